The van der Waals surface area contributed by atoms with Gasteiger partial charge in [0.25, 0.3) is 5.91 Å². The van der Waals surface area contributed by atoms with E-state index in [1.807, 2.05) is 13.0 Å². The number of carbonyl (C=O) groups is 1. The van der Waals surface area contributed by atoms with E-state index in [9.17, 15) is 4.79 Å². The van der Waals surface area contributed by atoms with E-state index in [1.165, 1.54) is 0 Å². The van der Waals surface area contributed by atoms with Gasteiger partial charge in [-0.3, -0.25) is 4.79 Å². The molecule has 0 atom stereocenters. The lowest BCUT2D eigenvalue weighted by Crippen LogP contribution is -2.13. The van der Waals surface area contributed by atoms with Gasteiger partial charge in [-0.25, -0.2) is 4.98 Å². The molecule has 0 bridgehead atoms. The molecule has 1 aromatic carbocycles. The number of nitrogens with one attached hydrogen (secondary N) is 1. The number of hydrogen-bond donors (Lipinski definition) is 1. The number of anilines is 1. The van der Waals surface area contributed by atoms with Gasteiger partial charge in [-0.15, -0.1) is 0 Å². The van der Waals surface area contributed by atoms with E-state index < -0.39 is 0 Å². The molecule has 18 heavy (non-hydrogen) atoms. The summed E-state index contributed by atoms with van der Waals surface area (Å²) < 4.78 is 0.861. The first-order chi connectivity index (χ1) is 8.56. The van der Waals surface area contributed by atoms with Crippen LogP contribution in [0.25, 0.3) is 0 Å². The predicted octanol–water partition coefficient (Wildman–Crippen LogP) is 4.06. The van der Waals surface area contributed by atoms with Crippen LogP contribution in [0, 0.1) is 6.92 Å². The molecule has 0 unspecified atom stereocenters. The number of rotatable bonds is 2. The molecule has 0 aliphatic heterocycles. The Balaban J connectivity index is 2.25. The predicted molar refractivity (Wildman–Crippen MR) is 76.1 cm³/mol. The first-order valence-electron chi connectivity index (χ1n) is 5.25. The Morgan fingerprint density at radius 1 is 1.39 bits per heavy atom. The summed E-state index contributed by atoms with van der Waals surface area (Å²) in [5.74, 6) is 0.127. The zero-order valence-corrected chi connectivity index (χ0v) is 11.9. The van der Waals surface area contributed by atoms with Crippen molar-refractivity contribution in [3.8, 4) is 0 Å². The monoisotopic (exact) mass is 324 g/mol. The average Bonchev–Trinajstić information content (AvgIpc) is 2.31. The van der Waals surface area contributed by atoms with Gasteiger partial charge in [0.1, 0.15) is 0 Å². The molecular formula is C13H10BrClN2O. The van der Waals surface area contributed by atoms with Crippen molar-refractivity contribution < 1.29 is 4.79 Å². The second-order valence-electron chi connectivity index (χ2n) is 3.81. The Morgan fingerprint density at radius 3 is 2.83 bits per heavy atom. The van der Waals surface area contributed by atoms with Crippen LogP contribution in [0.5, 0.6) is 0 Å². The first kappa shape index (κ1) is 13.1. The van der Waals surface area contributed by atoms with Crippen LogP contribution < -0.4 is 5.32 Å². The molecule has 2 rings (SSSR count). The van der Waals surface area contributed by atoms with Gasteiger partial charge in [-0.2, -0.15) is 0 Å². The number of nitrogens with zero attached hydrogens (tertiary/aromatic N) is 1. The molecule has 0 aliphatic carbocycles. The van der Waals surface area contributed by atoms with Crippen molar-refractivity contribution in [1.29, 1.82) is 0 Å². The van der Waals surface area contributed by atoms with Crippen molar-refractivity contribution in [3.63, 3.8) is 0 Å². The molecule has 1 N–H and O–H groups in total. The summed E-state index contributed by atoms with van der Waals surface area (Å²) in [6.45, 7) is 1.93. The highest BCUT2D eigenvalue weighted by Gasteiger charge is 2.10. The van der Waals surface area contributed by atoms with E-state index in [4.69, 9.17) is 11.6 Å². The lowest BCUT2D eigenvalue weighted by atomic mass is 10.1. The number of benzene rings is 1. The summed E-state index contributed by atoms with van der Waals surface area (Å²) in [6.07, 6.45) is 1.58. The van der Waals surface area contributed by atoms with Crippen molar-refractivity contribution in [2.45, 2.75) is 6.92 Å². The molecule has 3 nitrogen and oxygen atoms in total. The zero-order chi connectivity index (χ0) is 13.1. The van der Waals surface area contributed by atoms with Gasteiger partial charge < -0.3 is 5.32 Å². The fourth-order valence-electron chi connectivity index (χ4n) is 1.52. The minimum absolute atomic E-state index is 0.236. The maximum absolute atomic E-state index is 12.0. The van der Waals surface area contributed by atoms with Crippen molar-refractivity contribution in [2.24, 2.45) is 0 Å². The summed E-state index contributed by atoms with van der Waals surface area (Å²) in [5.41, 5.74) is 1.56. The largest absolute Gasteiger partial charge is 0.305 e. The number of hydrogen-bond acceptors (Lipinski definition) is 2. The van der Waals surface area contributed by atoms with Crippen LogP contribution in [0.2, 0.25) is 5.02 Å². The van der Waals surface area contributed by atoms with Crippen LogP contribution in [0.4, 0.5) is 5.82 Å². The third kappa shape index (κ3) is 3.09. The maximum Gasteiger partial charge on any atom is 0.256 e. The number of amides is 1. The summed E-state index contributed by atoms with van der Waals surface area (Å²) in [6, 6.07) is 8.87. The summed E-state index contributed by atoms with van der Waals surface area (Å²) in [7, 11) is 0. The third-order valence-electron chi connectivity index (χ3n) is 2.29. The van der Waals surface area contributed by atoms with Gasteiger partial charge in [0.05, 0.1) is 5.02 Å². The Bertz CT molecular complexity index is 581. The molecule has 1 heterocycles. The van der Waals surface area contributed by atoms with Crippen molar-refractivity contribution in [1.82, 2.24) is 4.98 Å². The molecule has 92 valence electrons. The van der Waals surface area contributed by atoms with Crippen LogP contribution >= 0.6 is 27.5 Å². The molecule has 0 spiro atoms. The van der Waals surface area contributed by atoms with Gasteiger partial charge in [-0.05, 0) is 42.8 Å². The van der Waals surface area contributed by atoms with Gasteiger partial charge >= 0.3 is 0 Å². The lowest BCUT2D eigenvalue weighted by molar-refractivity contribution is 0.102. The van der Waals surface area contributed by atoms with Crippen LogP contribution in [0.15, 0.2) is 41.0 Å². The van der Waals surface area contributed by atoms with Crippen molar-refractivity contribution >= 4 is 39.3 Å². The lowest BCUT2D eigenvalue weighted by Gasteiger charge is -2.07. The molecule has 1 amide bonds. The molecule has 0 saturated carbocycles. The van der Waals surface area contributed by atoms with Crippen LogP contribution in [0.3, 0.4) is 0 Å². The van der Waals surface area contributed by atoms with Crippen LogP contribution in [-0.2, 0) is 0 Å². The summed E-state index contributed by atoms with van der Waals surface area (Å²) in [4.78, 5) is 16.1. The Labute approximate surface area is 118 Å². The molecule has 0 saturated heterocycles. The third-order valence-corrected chi connectivity index (χ3v) is 3.06. The molecule has 0 fully saturated rings. The Kier molecular flexibility index (Phi) is 3.99. The maximum atomic E-state index is 12.0. The topological polar surface area (TPSA) is 42.0 Å². The second kappa shape index (κ2) is 5.50. The first-order valence-corrected chi connectivity index (χ1v) is 6.42. The quantitative estimate of drug-likeness (QED) is 0.905. The second-order valence-corrected chi connectivity index (χ2v) is 5.13. The number of carbonyl (C=O) groups excluding carboxylic acids is 1. The van der Waals surface area contributed by atoms with E-state index in [2.05, 4.69) is 26.2 Å². The van der Waals surface area contributed by atoms with E-state index >= 15 is 0 Å². The highest BCUT2D eigenvalue weighted by atomic mass is 79.9. The van der Waals surface area contributed by atoms with E-state index in [-0.39, 0.29) is 5.91 Å². The summed E-state index contributed by atoms with van der Waals surface area (Å²) in [5, 5.41) is 3.09. The number of aryl methyl sites for hydroxylation is 1. The van der Waals surface area contributed by atoms with E-state index in [0.29, 0.717) is 16.4 Å². The minimum Gasteiger partial charge on any atom is -0.305 e. The van der Waals surface area contributed by atoms with Crippen LogP contribution in [0.1, 0.15) is 15.9 Å². The zero-order valence-electron chi connectivity index (χ0n) is 9.58. The highest BCUT2D eigenvalue weighted by Crippen LogP contribution is 2.20. The molecule has 0 radical (unpaired) electrons. The fraction of sp³-hybridized carbons (Fsp3) is 0.0769. The average molecular weight is 326 g/mol. The van der Waals surface area contributed by atoms with E-state index in [1.54, 1.807) is 30.5 Å². The molecule has 5 heteroatoms. The smallest absolute Gasteiger partial charge is 0.256 e. The Morgan fingerprint density at radius 2 is 2.17 bits per heavy atom. The van der Waals surface area contributed by atoms with Crippen molar-refractivity contribution in [3.05, 3.63) is 57.2 Å². The number of aromatic nitrogens is 1. The Hall–Kier alpha value is -1.39. The SMILES string of the molecule is Cc1cc(Br)cc(C(=O)Nc2ncccc2Cl)c1. The van der Waals surface area contributed by atoms with Gasteiger partial charge in [0.15, 0.2) is 5.82 Å². The minimum atomic E-state index is -0.236. The molecule has 2 aromatic rings. The normalized spacial score (nSPS) is 10.2. The fourth-order valence-corrected chi connectivity index (χ4v) is 2.30. The van der Waals surface area contributed by atoms with Crippen molar-refractivity contribution in [2.75, 3.05) is 5.32 Å². The van der Waals surface area contributed by atoms with Gasteiger partial charge in [0.2, 0.25) is 0 Å². The molecular weight excluding hydrogens is 316 g/mol. The molecule has 0 aliphatic rings. The highest BCUT2D eigenvalue weighted by molar-refractivity contribution is 9.10. The molecule has 1 aromatic heterocycles. The van der Waals surface area contributed by atoms with Crippen LogP contribution in [-0.4, -0.2) is 10.9 Å². The number of halogens is 2. The van der Waals surface area contributed by atoms with Gasteiger partial charge in [-0.1, -0.05) is 27.5 Å². The van der Waals surface area contributed by atoms with Gasteiger partial charge in [0, 0.05) is 16.2 Å². The standard InChI is InChI=1S/C13H10BrClN2O/c1-8-5-9(7-10(14)6-8)13(18)17-12-11(15)3-2-4-16-12/h2-7H,1H3,(H,16,17,18). The number of pyridine rings is 1. The summed E-state index contributed by atoms with van der Waals surface area (Å²) >= 11 is 9.29. The van der Waals surface area contributed by atoms with E-state index in [0.717, 1.165) is 10.0 Å².